The van der Waals surface area contributed by atoms with Crippen LogP contribution in [0.4, 0.5) is 0 Å². The molecule has 1 saturated heterocycles. The minimum absolute atomic E-state index is 0. The lowest BCUT2D eigenvalue weighted by Gasteiger charge is -2.28. The molecule has 4 heteroatoms. The highest BCUT2D eigenvalue weighted by atomic mass is 35.5. The lowest BCUT2D eigenvalue weighted by atomic mass is 9.86. The second kappa shape index (κ2) is 6.84. The van der Waals surface area contributed by atoms with Crippen LogP contribution in [0, 0.1) is 5.92 Å². The summed E-state index contributed by atoms with van der Waals surface area (Å²) in [5.41, 5.74) is 7.51. The third-order valence-corrected chi connectivity index (χ3v) is 3.39. The van der Waals surface area contributed by atoms with Crippen LogP contribution in [0.3, 0.4) is 0 Å². The molecule has 2 rings (SSSR count). The summed E-state index contributed by atoms with van der Waals surface area (Å²) in [6.07, 6.45) is 2.35. The van der Waals surface area contributed by atoms with Gasteiger partial charge in [-0.2, -0.15) is 0 Å². The minimum Gasteiger partial charge on any atom is -0.497 e. The standard InChI is InChI=1S/C13H20N2O.ClH/c1-16-12-4-2-10(3-5-12)13(14)11-6-8-15-9-7-11;/h2-5,11,13,15H,6-9,14H2,1H3;1H/t13-;/m0./s1. The average molecular weight is 257 g/mol. The molecule has 0 amide bonds. The molecule has 1 fully saturated rings. The van der Waals surface area contributed by atoms with Gasteiger partial charge < -0.3 is 15.8 Å². The molecule has 0 spiro atoms. The molecule has 0 unspecified atom stereocenters. The number of hydrogen-bond donors (Lipinski definition) is 2. The monoisotopic (exact) mass is 256 g/mol. The number of ether oxygens (including phenoxy) is 1. The van der Waals surface area contributed by atoms with Crippen molar-refractivity contribution < 1.29 is 4.74 Å². The highest BCUT2D eigenvalue weighted by Crippen LogP contribution is 2.27. The molecule has 1 heterocycles. The molecule has 1 atom stereocenters. The first-order valence-corrected chi connectivity index (χ1v) is 5.91. The van der Waals surface area contributed by atoms with E-state index >= 15 is 0 Å². The Hall–Kier alpha value is -0.770. The zero-order chi connectivity index (χ0) is 11.4. The summed E-state index contributed by atoms with van der Waals surface area (Å²) >= 11 is 0. The largest absolute Gasteiger partial charge is 0.497 e. The van der Waals surface area contributed by atoms with E-state index < -0.39 is 0 Å². The van der Waals surface area contributed by atoms with Crippen molar-refractivity contribution >= 4 is 12.4 Å². The molecule has 0 saturated carbocycles. The maximum absolute atomic E-state index is 6.29. The normalized spacial score (nSPS) is 18.2. The quantitative estimate of drug-likeness (QED) is 0.871. The predicted octanol–water partition coefficient (Wildman–Crippen LogP) is 2.12. The van der Waals surface area contributed by atoms with Crippen LogP contribution >= 0.6 is 12.4 Å². The third-order valence-electron chi connectivity index (χ3n) is 3.39. The first kappa shape index (κ1) is 14.3. The van der Waals surface area contributed by atoms with E-state index in [2.05, 4.69) is 17.4 Å². The first-order valence-electron chi connectivity index (χ1n) is 5.91. The lowest BCUT2D eigenvalue weighted by molar-refractivity contribution is 0.322. The number of rotatable bonds is 3. The molecule has 0 aliphatic carbocycles. The van der Waals surface area contributed by atoms with Crippen LogP contribution in [0.1, 0.15) is 24.4 Å². The zero-order valence-corrected chi connectivity index (χ0v) is 11.0. The van der Waals surface area contributed by atoms with Crippen molar-refractivity contribution in [3.8, 4) is 5.75 Å². The molecular formula is C13H21ClN2O. The average Bonchev–Trinajstić information content (AvgIpc) is 2.39. The summed E-state index contributed by atoms with van der Waals surface area (Å²) in [5.74, 6) is 1.50. The second-order valence-electron chi connectivity index (χ2n) is 4.39. The van der Waals surface area contributed by atoms with Crippen molar-refractivity contribution in [3.05, 3.63) is 29.8 Å². The van der Waals surface area contributed by atoms with Gasteiger partial charge in [-0.3, -0.25) is 0 Å². The number of methoxy groups -OCH3 is 1. The molecular weight excluding hydrogens is 236 g/mol. The zero-order valence-electron chi connectivity index (χ0n) is 10.2. The second-order valence-corrected chi connectivity index (χ2v) is 4.39. The smallest absolute Gasteiger partial charge is 0.118 e. The molecule has 0 radical (unpaired) electrons. The molecule has 17 heavy (non-hydrogen) atoms. The molecule has 3 nitrogen and oxygen atoms in total. The molecule has 1 aliphatic heterocycles. The Morgan fingerprint density at radius 3 is 2.35 bits per heavy atom. The minimum atomic E-state index is 0. The number of benzene rings is 1. The maximum Gasteiger partial charge on any atom is 0.118 e. The SMILES string of the molecule is COc1ccc([C@H](N)C2CCNCC2)cc1.Cl. The summed E-state index contributed by atoms with van der Waals surface area (Å²) in [6, 6.07) is 8.27. The number of piperidine rings is 1. The fraction of sp³-hybridized carbons (Fsp3) is 0.538. The Morgan fingerprint density at radius 2 is 1.82 bits per heavy atom. The summed E-state index contributed by atoms with van der Waals surface area (Å²) < 4.78 is 5.14. The van der Waals surface area contributed by atoms with E-state index in [0.717, 1.165) is 18.8 Å². The molecule has 1 aromatic carbocycles. The van der Waals surface area contributed by atoms with Crippen LogP contribution in [-0.2, 0) is 0 Å². The van der Waals surface area contributed by atoms with Gasteiger partial charge in [-0.1, -0.05) is 12.1 Å². The van der Waals surface area contributed by atoms with E-state index in [-0.39, 0.29) is 18.4 Å². The van der Waals surface area contributed by atoms with Crippen LogP contribution in [0.2, 0.25) is 0 Å². The lowest BCUT2D eigenvalue weighted by Crippen LogP contribution is -2.33. The Bertz CT molecular complexity index is 323. The number of nitrogens with two attached hydrogens (primary N) is 1. The van der Waals surface area contributed by atoms with E-state index in [1.165, 1.54) is 18.4 Å². The Balaban J connectivity index is 0.00000144. The van der Waals surface area contributed by atoms with Crippen molar-refractivity contribution in [2.45, 2.75) is 18.9 Å². The summed E-state index contributed by atoms with van der Waals surface area (Å²) in [6.45, 7) is 2.18. The third kappa shape index (κ3) is 3.60. The van der Waals surface area contributed by atoms with Crippen molar-refractivity contribution in [1.29, 1.82) is 0 Å². The van der Waals surface area contributed by atoms with E-state index in [1.54, 1.807) is 7.11 Å². The van der Waals surface area contributed by atoms with Crippen LogP contribution in [0.25, 0.3) is 0 Å². The molecule has 96 valence electrons. The summed E-state index contributed by atoms with van der Waals surface area (Å²) in [4.78, 5) is 0. The van der Waals surface area contributed by atoms with Gasteiger partial charge in [-0.05, 0) is 49.5 Å². The summed E-state index contributed by atoms with van der Waals surface area (Å²) in [5, 5.41) is 3.36. The van der Waals surface area contributed by atoms with Crippen LogP contribution in [0.5, 0.6) is 5.75 Å². The predicted molar refractivity (Wildman–Crippen MR) is 72.8 cm³/mol. The van der Waals surface area contributed by atoms with Gasteiger partial charge >= 0.3 is 0 Å². The number of hydrogen-bond acceptors (Lipinski definition) is 3. The van der Waals surface area contributed by atoms with E-state index in [4.69, 9.17) is 10.5 Å². The van der Waals surface area contributed by atoms with Gasteiger partial charge in [-0.25, -0.2) is 0 Å². The Labute approximate surface area is 109 Å². The van der Waals surface area contributed by atoms with Gasteiger partial charge in [0.15, 0.2) is 0 Å². The van der Waals surface area contributed by atoms with Crippen molar-refractivity contribution in [3.63, 3.8) is 0 Å². The highest BCUT2D eigenvalue weighted by Gasteiger charge is 2.21. The van der Waals surface area contributed by atoms with Crippen LogP contribution < -0.4 is 15.8 Å². The van der Waals surface area contributed by atoms with E-state index in [1.807, 2.05) is 12.1 Å². The molecule has 3 N–H and O–H groups in total. The van der Waals surface area contributed by atoms with Gasteiger partial charge in [0.2, 0.25) is 0 Å². The van der Waals surface area contributed by atoms with Crippen LogP contribution in [-0.4, -0.2) is 20.2 Å². The Kier molecular flexibility index (Phi) is 5.75. The van der Waals surface area contributed by atoms with Gasteiger partial charge in [0.1, 0.15) is 5.75 Å². The van der Waals surface area contributed by atoms with Crippen molar-refractivity contribution in [2.75, 3.05) is 20.2 Å². The van der Waals surface area contributed by atoms with Crippen molar-refractivity contribution in [2.24, 2.45) is 11.7 Å². The molecule has 0 aromatic heterocycles. The van der Waals surface area contributed by atoms with Gasteiger partial charge in [0.25, 0.3) is 0 Å². The number of halogens is 1. The fourth-order valence-corrected chi connectivity index (χ4v) is 2.30. The number of nitrogens with one attached hydrogen (secondary N) is 1. The molecule has 0 bridgehead atoms. The van der Waals surface area contributed by atoms with Gasteiger partial charge in [0.05, 0.1) is 7.11 Å². The summed E-state index contributed by atoms with van der Waals surface area (Å²) in [7, 11) is 1.68. The van der Waals surface area contributed by atoms with Crippen molar-refractivity contribution in [1.82, 2.24) is 5.32 Å². The topological polar surface area (TPSA) is 47.3 Å². The van der Waals surface area contributed by atoms with E-state index in [9.17, 15) is 0 Å². The van der Waals surface area contributed by atoms with Crippen LogP contribution in [0.15, 0.2) is 24.3 Å². The highest BCUT2D eigenvalue weighted by molar-refractivity contribution is 5.85. The van der Waals surface area contributed by atoms with Gasteiger partial charge in [0, 0.05) is 6.04 Å². The molecule has 1 aliphatic rings. The first-order chi connectivity index (χ1) is 7.81. The van der Waals surface area contributed by atoms with Gasteiger partial charge in [-0.15, -0.1) is 12.4 Å². The fourth-order valence-electron chi connectivity index (χ4n) is 2.30. The Morgan fingerprint density at radius 1 is 1.24 bits per heavy atom. The maximum atomic E-state index is 6.29. The molecule has 1 aromatic rings. The van der Waals surface area contributed by atoms with E-state index in [0.29, 0.717) is 5.92 Å².